The van der Waals surface area contributed by atoms with E-state index < -0.39 is 46.2 Å². The van der Waals surface area contributed by atoms with Crippen molar-refractivity contribution in [1.29, 1.82) is 0 Å². The first-order valence-corrected chi connectivity index (χ1v) is 13.2. The normalized spacial score (nSPS) is 23.0. The van der Waals surface area contributed by atoms with Crippen molar-refractivity contribution in [3.05, 3.63) is 11.3 Å². The summed E-state index contributed by atoms with van der Waals surface area (Å²) >= 11 is -0.655. The summed E-state index contributed by atoms with van der Waals surface area (Å²) in [6.07, 6.45) is 5.84. The zero-order valence-electron chi connectivity index (χ0n) is 19.5. The first-order valence-electron chi connectivity index (χ1n) is 10.9. The zero-order chi connectivity index (χ0) is 24.8. The third-order valence-corrected chi connectivity index (χ3v) is 8.45. The molecular formula is C21H32N2O8S2. The fraction of sp³-hybridized carbons (Fsp3) is 0.714. The van der Waals surface area contributed by atoms with Crippen LogP contribution in [-0.2, 0) is 40.0 Å². The summed E-state index contributed by atoms with van der Waals surface area (Å²) in [5, 5.41) is 8.85. The fourth-order valence-corrected chi connectivity index (χ4v) is 6.95. The SMILES string of the molecule is CCCCCCCC[S+]([O-])N(C(C)=O)[C@]1(OC)C(=O)N2C(C(=O)O)=C(COC(C)=O)CS[C@H]21. The van der Waals surface area contributed by atoms with Gasteiger partial charge in [-0.2, -0.15) is 0 Å². The predicted molar refractivity (Wildman–Crippen MR) is 123 cm³/mol. The molecule has 2 amide bonds. The molecule has 0 spiro atoms. The largest absolute Gasteiger partial charge is 0.593 e. The molecule has 0 radical (unpaired) electrons. The molecule has 1 N–H and O–H groups in total. The van der Waals surface area contributed by atoms with Crippen LogP contribution in [0.2, 0.25) is 0 Å². The standard InChI is InChI=1S/C21H32N2O8S2/c1-5-6-7-8-9-10-11-33(29)23(14(2)24)21(30-4)19(28)22-17(18(26)27)16(12-31-15(3)25)13-32-20(21)22/h20H,5-13H2,1-4H3,(H,26,27)/t20-,21-,33?/m0/s1. The van der Waals surface area contributed by atoms with Crippen LogP contribution in [0.1, 0.15) is 59.3 Å². The molecule has 0 aromatic heterocycles. The van der Waals surface area contributed by atoms with E-state index in [2.05, 4.69) is 6.92 Å². The highest BCUT2D eigenvalue weighted by molar-refractivity contribution is 8.00. The average Bonchev–Trinajstić information content (AvgIpc) is 2.76. The highest BCUT2D eigenvalue weighted by Crippen LogP contribution is 2.50. The van der Waals surface area contributed by atoms with Gasteiger partial charge in [0.1, 0.15) is 23.4 Å². The number of unbranched alkanes of at least 4 members (excludes halogenated alkanes) is 5. The molecule has 0 aromatic rings. The lowest BCUT2D eigenvalue weighted by Gasteiger charge is -2.57. The lowest BCUT2D eigenvalue weighted by Crippen LogP contribution is -2.81. The minimum atomic E-state index is -1.86. The minimum Gasteiger partial charge on any atom is -0.593 e. The van der Waals surface area contributed by atoms with Gasteiger partial charge in [-0.05, 0) is 12.8 Å². The van der Waals surface area contributed by atoms with Gasteiger partial charge in [-0.1, -0.05) is 32.6 Å². The molecular weight excluding hydrogens is 472 g/mol. The van der Waals surface area contributed by atoms with Crippen molar-refractivity contribution in [2.24, 2.45) is 0 Å². The Hall–Kier alpha value is -1.76. The van der Waals surface area contributed by atoms with Crippen LogP contribution in [0.4, 0.5) is 0 Å². The summed E-state index contributed by atoms with van der Waals surface area (Å²) in [5.74, 6) is -2.98. The lowest BCUT2D eigenvalue weighted by molar-refractivity contribution is -0.208. The molecule has 0 bridgehead atoms. The number of methoxy groups -OCH3 is 1. The summed E-state index contributed by atoms with van der Waals surface area (Å²) < 4.78 is 24.5. The lowest BCUT2D eigenvalue weighted by atomic mass is 9.98. The first kappa shape index (κ1) is 27.5. The number of hydrogen-bond acceptors (Lipinski definition) is 8. The topological polar surface area (TPSA) is 137 Å². The highest BCUT2D eigenvalue weighted by atomic mass is 32.2. The van der Waals surface area contributed by atoms with Crippen molar-refractivity contribution in [3.63, 3.8) is 0 Å². The highest BCUT2D eigenvalue weighted by Gasteiger charge is 2.72. The third kappa shape index (κ3) is 5.67. The molecule has 2 rings (SSSR count). The van der Waals surface area contributed by atoms with E-state index in [4.69, 9.17) is 9.47 Å². The van der Waals surface area contributed by atoms with Gasteiger partial charge in [0.2, 0.25) is 0 Å². The van der Waals surface area contributed by atoms with E-state index in [-0.39, 0.29) is 29.4 Å². The molecule has 186 valence electrons. The van der Waals surface area contributed by atoms with Gasteiger partial charge in [0, 0.05) is 32.3 Å². The maximum atomic E-state index is 13.3. The summed E-state index contributed by atoms with van der Waals surface area (Å²) in [6, 6.07) is 0. The van der Waals surface area contributed by atoms with Crippen LogP contribution in [0.3, 0.4) is 0 Å². The molecule has 0 aromatic carbocycles. The Kier molecular flexibility index (Phi) is 10.1. The van der Waals surface area contributed by atoms with E-state index in [0.717, 1.165) is 41.3 Å². The number of β-lactam (4-membered cyclic amide) rings is 1. The Morgan fingerprint density at radius 3 is 2.42 bits per heavy atom. The monoisotopic (exact) mass is 504 g/mol. The molecule has 2 aliphatic heterocycles. The van der Waals surface area contributed by atoms with E-state index >= 15 is 0 Å². The number of ether oxygens (including phenoxy) is 2. The van der Waals surface area contributed by atoms with Gasteiger partial charge in [0.05, 0.1) is 11.4 Å². The number of aliphatic carboxylic acids is 1. The Balaban J connectivity index is 2.24. The Morgan fingerprint density at radius 1 is 1.24 bits per heavy atom. The Morgan fingerprint density at radius 2 is 1.88 bits per heavy atom. The maximum absolute atomic E-state index is 13.3. The van der Waals surface area contributed by atoms with Crippen LogP contribution in [0.25, 0.3) is 0 Å². The number of fused-ring (bicyclic) bond motifs is 1. The van der Waals surface area contributed by atoms with Crippen LogP contribution < -0.4 is 0 Å². The van der Waals surface area contributed by atoms with Crippen molar-refractivity contribution in [3.8, 4) is 0 Å². The number of hydrogen-bond donors (Lipinski definition) is 1. The van der Waals surface area contributed by atoms with Crippen molar-refractivity contribution in [1.82, 2.24) is 9.21 Å². The van der Waals surface area contributed by atoms with Crippen molar-refractivity contribution in [2.45, 2.75) is 70.4 Å². The van der Waals surface area contributed by atoms with Crippen LogP contribution in [0.5, 0.6) is 0 Å². The fourth-order valence-electron chi connectivity index (χ4n) is 3.96. The molecule has 1 saturated heterocycles. The molecule has 0 saturated carbocycles. The second-order valence-electron chi connectivity index (χ2n) is 7.88. The summed E-state index contributed by atoms with van der Waals surface area (Å²) in [4.78, 5) is 50.0. The summed E-state index contributed by atoms with van der Waals surface area (Å²) in [5.41, 5.74) is -1.90. The number of carboxylic acid groups (broad SMARTS) is 1. The van der Waals surface area contributed by atoms with Crippen LogP contribution in [0.15, 0.2) is 11.3 Å². The number of rotatable bonds is 13. The number of carboxylic acids is 1. The van der Waals surface area contributed by atoms with E-state index in [1.807, 2.05) is 0 Å². The zero-order valence-corrected chi connectivity index (χ0v) is 21.1. The molecule has 33 heavy (non-hydrogen) atoms. The van der Waals surface area contributed by atoms with E-state index in [1.165, 1.54) is 32.7 Å². The molecule has 1 fully saturated rings. The van der Waals surface area contributed by atoms with Gasteiger partial charge in [-0.15, -0.1) is 16.1 Å². The van der Waals surface area contributed by atoms with Crippen LogP contribution in [0, 0.1) is 0 Å². The van der Waals surface area contributed by atoms with Crippen LogP contribution in [-0.4, -0.2) is 78.9 Å². The molecule has 2 aliphatic rings. The minimum absolute atomic E-state index is 0.143. The van der Waals surface area contributed by atoms with E-state index in [9.17, 15) is 28.8 Å². The predicted octanol–water partition coefficient (Wildman–Crippen LogP) is 2.02. The number of carbonyl (C=O) groups is 4. The van der Waals surface area contributed by atoms with Gasteiger partial charge < -0.3 is 19.1 Å². The van der Waals surface area contributed by atoms with Gasteiger partial charge in [0.25, 0.3) is 17.5 Å². The smallest absolute Gasteiger partial charge is 0.352 e. The van der Waals surface area contributed by atoms with Gasteiger partial charge >= 0.3 is 11.9 Å². The summed E-state index contributed by atoms with van der Waals surface area (Å²) in [7, 11) is 1.24. The Labute approximate surface area is 201 Å². The molecule has 0 aliphatic carbocycles. The molecule has 2 heterocycles. The quantitative estimate of drug-likeness (QED) is 0.131. The molecule has 3 atom stereocenters. The van der Waals surface area contributed by atoms with Gasteiger partial charge in [0.15, 0.2) is 0 Å². The number of amides is 2. The average molecular weight is 505 g/mol. The maximum Gasteiger partial charge on any atom is 0.352 e. The van der Waals surface area contributed by atoms with Crippen LogP contribution >= 0.6 is 11.8 Å². The molecule has 1 unspecified atom stereocenters. The van der Waals surface area contributed by atoms with Crippen molar-refractivity contribution in [2.75, 3.05) is 25.2 Å². The number of esters is 1. The van der Waals surface area contributed by atoms with Crippen molar-refractivity contribution >= 4 is 46.9 Å². The van der Waals surface area contributed by atoms with Crippen molar-refractivity contribution < 1.29 is 38.3 Å². The van der Waals surface area contributed by atoms with E-state index in [0.29, 0.717) is 6.42 Å². The van der Waals surface area contributed by atoms with Gasteiger partial charge in [-0.3, -0.25) is 19.3 Å². The first-order chi connectivity index (χ1) is 15.6. The number of thioether (sulfide) groups is 1. The van der Waals surface area contributed by atoms with E-state index in [1.54, 1.807) is 0 Å². The number of carbonyl (C=O) groups excluding carboxylic acids is 3. The Bertz CT molecular complexity index is 805. The summed E-state index contributed by atoms with van der Waals surface area (Å²) in [6.45, 7) is 4.27. The second kappa shape index (κ2) is 12.1. The molecule has 12 heteroatoms. The number of nitrogens with zero attached hydrogens (tertiary/aromatic N) is 2. The third-order valence-electron chi connectivity index (χ3n) is 5.51. The molecule has 10 nitrogen and oxygen atoms in total. The second-order valence-corrected chi connectivity index (χ2v) is 10.4. The van der Waals surface area contributed by atoms with Gasteiger partial charge in [-0.25, -0.2) is 4.79 Å².